The van der Waals surface area contributed by atoms with Crippen LogP contribution in [-0.4, -0.2) is 88.4 Å². The Hall–Kier alpha value is -3.14. The van der Waals surface area contributed by atoms with E-state index in [1.807, 2.05) is 18.2 Å². The minimum absolute atomic E-state index is 0.0108. The molecule has 0 saturated heterocycles. The number of para-hydroxylation sites is 1. The molecule has 2 amide bonds. The van der Waals surface area contributed by atoms with Crippen LogP contribution in [0.5, 0.6) is 11.5 Å². The zero-order valence-electron chi connectivity index (χ0n) is 22.7. The first-order chi connectivity index (χ1) is 17.8. The van der Waals surface area contributed by atoms with Crippen LogP contribution in [0.15, 0.2) is 42.5 Å². The minimum Gasteiger partial charge on any atom is -0.496 e. The highest BCUT2D eigenvalue weighted by molar-refractivity contribution is 5.98. The summed E-state index contributed by atoms with van der Waals surface area (Å²) in [5, 5.41) is 2.78. The van der Waals surface area contributed by atoms with Crippen LogP contribution in [0.2, 0.25) is 0 Å². The number of fused-ring (bicyclic) bond motifs is 1. The van der Waals surface area contributed by atoms with Gasteiger partial charge in [0.1, 0.15) is 24.7 Å². The zero-order valence-corrected chi connectivity index (χ0v) is 22.7. The molecule has 9 heteroatoms. The molecule has 1 aliphatic rings. The van der Waals surface area contributed by atoms with Gasteiger partial charge in [0.15, 0.2) is 0 Å². The summed E-state index contributed by atoms with van der Waals surface area (Å²) in [4.78, 5) is 29.4. The Balaban J connectivity index is 1.95. The number of anilines is 1. The number of nitrogens with zero attached hydrogens (tertiary/aromatic N) is 2. The largest absolute Gasteiger partial charge is 0.496 e. The van der Waals surface area contributed by atoms with Crippen molar-refractivity contribution in [3.05, 3.63) is 53.6 Å². The number of carbonyl (C=O) groups excluding carboxylic acids is 2. The van der Waals surface area contributed by atoms with Crippen molar-refractivity contribution in [3.63, 3.8) is 0 Å². The maximum Gasteiger partial charge on any atom is 0.257 e. The summed E-state index contributed by atoms with van der Waals surface area (Å²) in [5.41, 5.74) is 2.05. The lowest BCUT2D eigenvalue weighted by atomic mass is 10.0. The molecule has 37 heavy (non-hydrogen) atoms. The number of carbonyl (C=O) groups is 2. The average Bonchev–Trinajstić information content (AvgIpc) is 2.89. The number of ether oxygens (including phenoxy) is 4. The Bertz CT molecular complexity index is 1060. The van der Waals surface area contributed by atoms with E-state index in [0.29, 0.717) is 36.7 Å². The monoisotopic (exact) mass is 513 g/mol. The molecule has 1 N–H and O–H groups in total. The first kappa shape index (κ1) is 28.4. The Kier molecular flexibility index (Phi) is 10.3. The predicted octanol–water partition coefficient (Wildman–Crippen LogP) is 3.29. The lowest BCUT2D eigenvalue weighted by Crippen LogP contribution is -2.46. The van der Waals surface area contributed by atoms with Gasteiger partial charge >= 0.3 is 0 Å². The highest BCUT2D eigenvalue weighted by Gasteiger charge is 2.29. The summed E-state index contributed by atoms with van der Waals surface area (Å²) in [6, 6.07) is 13.1. The van der Waals surface area contributed by atoms with Gasteiger partial charge < -0.3 is 29.2 Å². The van der Waals surface area contributed by atoms with Crippen molar-refractivity contribution in [2.24, 2.45) is 5.92 Å². The maximum atomic E-state index is 13.4. The molecule has 1 heterocycles. The first-order valence-corrected chi connectivity index (χ1v) is 12.5. The standard InChI is InChI=1S/C28H39N3O6/c1-19-14-31(15-21-9-7-8-10-24(21)35-5)20(2)17-37-25-13-22(29-27(32)18-34-4)11-12-23(25)28(33)30(3)16-26(19)36-6/h7-13,19-20,26H,14-18H2,1-6H3,(H,29,32)/t19-,20-,26-/m1/s1. The Morgan fingerprint density at radius 1 is 1.11 bits per heavy atom. The van der Waals surface area contributed by atoms with Crippen LogP contribution in [0, 0.1) is 5.92 Å². The molecule has 1 aliphatic heterocycles. The highest BCUT2D eigenvalue weighted by atomic mass is 16.5. The molecule has 0 unspecified atom stereocenters. The van der Waals surface area contributed by atoms with Gasteiger partial charge in [-0.25, -0.2) is 0 Å². The van der Waals surface area contributed by atoms with Gasteiger partial charge in [0.2, 0.25) is 5.91 Å². The Morgan fingerprint density at radius 2 is 1.86 bits per heavy atom. The molecule has 3 rings (SSSR count). The second kappa shape index (κ2) is 13.4. The molecule has 2 aromatic carbocycles. The van der Waals surface area contributed by atoms with E-state index in [4.69, 9.17) is 18.9 Å². The van der Waals surface area contributed by atoms with Gasteiger partial charge in [0.25, 0.3) is 5.91 Å². The third kappa shape index (κ3) is 7.44. The quantitative estimate of drug-likeness (QED) is 0.608. The van der Waals surface area contributed by atoms with E-state index in [0.717, 1.165) is 17.9 Å². The van der Waals surface area contributed by atoms with Gasteiger partial charge in [-0.2, -0.15) is 0 Å². The maximum absolute atomic E-state index is 13.4. The molecule has 2 aromatic rings. The fraction of sp³-hybridized carbons (Fsp3) is 0.500. The van der Waals surface area contributed by atoms with Gasteiger partial charge in [-0.1, -0.05) is 25.1 Å². The molecule has 202 valence electrons. The molecule has 0 saturated carbocycles. The van der Waals surface area contributed by atoms with Crippen LogP contribution in [0.4, 0.5) is 5.69 Å². The number of likely N-dealkylation sites (N-methyl/N-ethyl adjacent to an activating group) is 1. The van der Waals surface area contributed by atoms with Gasteiger partial charge in [0.05, 0.1) is 18.8 Å². The number of amides is 2. The van der Waals surface area contributed by atoms with Gasteiger partial charge in [-0.3, -0.25) is 14.5 Å². The number of hydrogen-bond acceptors (Lipinski definition) is 7. The average molecular weight is 514 g/mol. The lowest BCUT2D eigenvalue weighted by molar-refractivity contribution is -0.119. The molecule has 9 nitrogen and oxygen atoms in total. The molecule has 0 aromatic heterocycles. The lowest BCUT2D eigenvalue weighted by Gasteiger charge is -2.36. The number of benzene rings is 2. The highest BCUT2D eigenvalue weighted by Crippen LogP contribution is 2.28. The number of methoxy groups -OCH3 is 3. The molecule has 0 radical (unpaired) electrons. The summed E-state index contributed by atoms with van der Waals surface area (Å²) >= 11 is 0. The Morgan fingerprint density at radius 3 is 2.57 bits per heavy atom. The van der Waals surface area contributed by atoms with E-state index in [9.17, 15) is 9.59 Å². The summed E-state index contributed by atoms with van der Waals surface area (Å²) in [6.45, 7) is 6.37. The second-order valence-corrected chi connectivity index (χ2v) is 9.53. The molecular weight excluding hydrogens is 474 g/mol. The van der Waals surface area contributed by atoms with Gasteiger partial charge in [-0.05, 0) is 31.0 Å². The number of hydrogen-bond donors (Lipinski definition) is 1. The smallest absolute Gasteiger partial charge is 0.257 e. The predicted molar refractivity (Wildman–Crippen MR) is 142 cm³/mol. The molecule has 0 aliphatic carbocycles. The normalized spacial score (nSPS) is 21.3. The van der Waals surface area contributed by atoms with Crippen LogP contribution in [0.1, 0.15) is 29.8 Å². The van der Waals surface area contributed by atoms with E-state index in [1.54, 1.807) is 44.4 Å². The first-order valence-electron chi connectivity index (χ1n) is 12.5. The second-order valence-electron chi connectivity index (χ2n) is 9.53. The van der Waals surface area contributed by atoms with Crippen molar-refractivity contribution in [1.29, 1.82) is 0 Å². The van der Waals surface area contributed by atoms with E-state index < -0.39 is 0 Å². The number of rotatable bonds is 7. The van der Waals surface area contributed by atoms with Crippen LogP contribution in [0.3, 0.4) is 0 Å². The molecule has 3 atom stereocenters. The van der Waals surface area contributed by atoms with Crippen molar-refractivity contribution in [2.45, 2.75) is 32.5 Å². The van der Waals surface area contributed by atoms with Gasteiger partial charge in [0, 0.05) is 64.3 Å². The SMILES string of the molecule is COCC(=O)Nc1ccc2c(c1)OC[C@@H](C)N(Cc1ccccc1OC)C[C@@H](C)[C@H](OC)CN(C)C2=O. The van der Waals surface area contributed by atoms with Crippen LogP contribution < -0.4 is 14.8 Å². The summed E-state index contributed by atoms with van der Waals surface area (Å²) in [6.07, 6.45) is -0.155. The van der Waals surface area contributed by atoms with E-state index in [-0.39, 0.29) is 36.5 Å². The van der Waals surface area contributed by atoms with E-state index >= 15 is 0 Å². The van der Waals surface area contributed by atoms with E-state index in [2.05, 4.69) is 30.1 Å². The molecular formula is C28H39N3O6. The Labute approximate surface area is 219 Å². The van der Waals surface area contributed by atoms with Crippen molar-refractivity contribution in [1.82, 2.24) is 9.80 Å². The molecule has 0 fully saturated rings. The molecule has 0 spiro atoms. The number of nitrogens with one attached hydrogen (secondary N) is 1. The topological polar surface area (TPSA) is 89.6 Å². The van der Waals surface area contributed by atoms with Gasteiger partial charge in [-0.15, -0.1) is 0 Å². The third-order valence-electron chi connectivity index (χ3n) is 6.70. The van der Waals surface area contributed by atoms with Crippen LogP contribution in [0.25, 0.3) is 0 Å². The summed E-state index contributed by atoms with van der Waals surface area (Å²) < 4.78 is 22.6. The molecule has 0 bridgehead atoms. The van der Waals surface area contributed by atoms with Crippen molar-refractivity contribution < 1.29 is 28.5 Å². The fourth-order valence-corrected chi connectivity index (χ4v) is 4.53. The summed E-state index contributed by atoms with van der Waals surface area (Å²) in [7, 11) is 6.59. The third-order valence-corrected chi connectivity index (χ3v) is 6.70. The van der Waals surface area contributed by atoms with Crippen molar-refractivity contribution in [2.75, 3.05) is 60.0 Å². The fourth-order valence-electron chi connectivity index (χ4n) is 4.53. The van der Waals surface area contributed by atoms with Crippen molar-refractivity contribution in [3.8, 4) is 11.5 Å². The van der Waals surface area contributed by atoms with E-state index in [1.165, 1.54) is 7.11 Å². The van der Waals surface area contributed by atoms with Crippen LogP contribution >= 0.6 is 0 Å². The van der Waals surface area contributed by atoms with Crippen LogP contribution in [-0.2, 0) is 20.8 Å². The summed E-state index contributed by atoms with van der Waals surface area (Å²) in [5.74, 6) is 0.948. The minimum atomic E-state index is -0.285. The zero-order chi connectivity index (χ0) is 26.9. The van der Waals surface area contributed by atoms with Crippen molar-refractivity contribution >= 4 is 17.5 Å².